The summed E-state index contributed by atoms with van der Waals surface area (Å²) in [6, 6.07) is 15.1. The highest BCUT2D eigenvalue weighted by molar-refractivity contribution is 5.42. The fraction of sp³-hybridized carbons (Fsp3) is 0.200. The molecule has 0 aromatic heterocycles. The molecule has 1 atom stereocenters. The van der Waals surface area contributed by atoms with Gasteiger partial charge in [0.25, 0.3) is 0 Å². The molecule has 2 aromatic carbocycles. The smallest absolute Gasteiger partial charge is 0.0794 e. The van der Waals surface area contributed by atoms with Gasteiger partial charge in [0.2, 0.25) is 0 Å². The monoisotopic (exact) mass is 242 g/mol. The molecule has 18 heavy (non-hydrogen) atoms. The van der Waals surface area contributed by atoms with E-state index in [2.05, 4.69) is 0 Å². The molecule has 0 amide bonds. The van der Waals surface area contributed by atoms with Crippen molar-refractivity contribution in [3.8, 4) is 0 Å². The normalized spacial score (nSPS) is 12.3. The van der Waals surface area contributed by atoms with Gasteiger partial charge in [0.15, 0.2) is 0 Å². The molecule has 2 aromatic rings. The second kappa shape index (κ2) is 5.56. The topological polar surface area (TPSA) is 72.3 Å². The summed E-state index contributed by atoms with van der Waals surface area (Å²) in [5, 5.41) is 10.1. The summed E-state index contributed by atoms with van der Waals surface area (Å²) in [5.74, 6) is 0. The van der Waals surface area contributed by atoms with Crippen molar-refractivity contribution < 1.29 is 5.11 Å². The van der Waals surface area contributed by atoms with Crippen LogP contribution in [0, 0.1) is 0 Å². The molecule has 3 nitrogen and oxygen atoms in total. The van der Waals surface area contributed by atoms with E-state index >= 15 is 0 Å². The lowest BCUT2D eigenvalue weighted by atomic mass is 10.0. The summed E-state index contributed by atoms with van der Waals surface area (Å²) < 4.78 is 0. The number of hydrogen-bond acceptors (Lipinski definition) is 3. The number of nitrogens with two attached hydrogens (primary N) is 2. The standard InChI is InChI=1S/C15H18N2O/c16-13-5-1-3-11(9-13)7-8-15(18)12-4-2-6-14(17)10-12/h1-6,9-10,15,18H,7-8,16-17H2. The first kappa shape index (κ1) is 12.5. The quantitative estimate of drug-likeness (QED) is 0.721. The van der Waals surface area contributed by atoms with E-state index in [1.807, 2.05) is 48.5 Å². The molecular formula is C15H18N2O. The van der Waals surface area contributed by atoms with E-state index < -0.39 is 6.10 Å². The van der Waals surface area contributed by atoms with Gasteiger partial charge < -0.3 is 16.6 Å². The van der Waals surface area contributed by atoms with E-state index in [0.717, 1.165) is 23.2 Å². The fourth-order valence-corrected chi connectivity index (χ4v) is 1.98. The number of rotatable bonds is 4. The van der Waals surface area contributed by atoms with E-state index in [1.165, 1.54) is 0 Å². The van der Waals surface area contributed by atoms with Gasteiger partial charge in [0, 0.05) is 11.4 Å². The number of aryl methyl sites for hydroxylation is 1. The maximum Gasteiger partial charge on any atom is 0.0794 e. The summed E-state index contributed by atoms with van der Waals surface area (Å²) in [4.78, 5) is 0. The molecule has 1 unspecified atom stereocenters. The molecule has 94 valence electrons. The zero-order chi connectivity index (χ0) is 13.0. The van der Waals surface area contributed by atoms with E-state index in [4.69, 9.17) is 11.5 Å². The van der Waals surface area contributed by atoms with Crippen molar-refractivity contribution >= 4 is 11.4 Å². The largest absolute Gasteiger partial charge is 0.399 e. The lowest BCUT2D eigenvalue weighted by molar-refractivity contribution is 0.168. The Kier molecular flexibility index (Phi) is 3.85. The van der Waals surface area contributed by atoms with Gasteiger partial charge in [-0.05, 0) is 48.2 Å². The van der Waals surface area contributed by atoms with Crippen molar-refractivity contribution in [2.75, 3.05) is 11.5 Å². The van der Waals surface area contributed by atoms with Gasteiger partial charge in [-0.1, -0.05) is 24.3 Å². The summed E-state index contributed by atoms with van der Waals surface area (Å²) in [6.45, 7) is 0. The van der Waals surface area contributed by atoms with Gasteiger partial charge in [-0.2, -0.15) is 0 Å². The average Bonchev–Trinajstić information content (AvgIpc) is 2.36. The van der Waals surface area contributed by atoms with Crippen molar-refractivity contribution in [3.63, 3.8) is 0 Å². The second-order valence-corrected chi connectivity index (χ2v) is 4.47. The number of nitrogen functional groups attached to an aromatic ring is 2. The molecule has 0 radical (unpaired) electrons. The Hall–Kier alpha value is -2.00. The number of anilines is 2. The van der Waals surface area contributed by atoms with Gasteiger partial charge in [0.05, 0.1) is 6.10 Å². The Bertz CT molecular complexity index is 525. The van der Waals surface area contributed by atoms with Crippen LogP contribution in [0.5, 0.6) is 0 Å². The summed E-state index contributed by atoms with van der Waals surface area (Å²) in [5.41, 5.74) is 14.8. The van der Waals surface area contributed by atoms with Gasteiger partial charge in [-0.25, -0.2) is 0 Å². The predicted molar refractivity (Wildman–Crippen MR) is 75.0 cm³/mol. The predicted octanol–water partition coefficient (Wildman–Crippen LogP) is 2.52. The van der Waals surface area contributed by atoms with Crippen LogP contribution in [0.15, 0.2) is 48.5 Å². The molecule has 0 fully saturated rings. The second-order valence-electron chi connectivity index (χ2n) is 4.47. The minimum Gasteiger partial charge on any atom is -0.399 e. The molecule has 0 heterocycles. The Labute approximate surface area is 107 Å². The Balaban J connectivity index is 1.98. The van der Waals surface area contributed by atoms with Crippen LogP contribution < -0.4 is 11.5 Å². The van der Waals surface area contributed by atoms with Crippen molar-refractivity contribution in [3.05, 3.63) is 59.7 Å². The van der Waals surface area contributed by atoms with E-state index in [0.29, 0.717) is 12.1 Å². The van der Waals surface area contributed by atoms with Crippen LogP contribution in [0.1, 0.15) is 23.7 Å². The SMILES string of the molecule is Nc1cccc(CCC(O)c2cccc(N)c2)c1. The molecular weight excluding hydrogens is 224 g/mol. The highest BCUT2D eigenvalue weighted by Crippen LogP contribution is 2.21. The van der Waals surface area contributed by atoms with E-state index in [9.17, 15) is 5.11 Å². The number of aliphatic hydroxyl groups excluding tert-OH is 1. The van der Waals surface area contributed by atoms with Crippen molar-refractivity contribution in [1.29, 1.82) is 0 Å². The first-order valence-electron chi connectivity index (χ1n) is 6.03. The zero-order valence-electron chi connectivity index (χ0n) is 10.2. The highest BCUT2D eigenvalue weighted by Gasteiger charge is 2.07. The third-order valence-electron chi connectivity index (χ3n) is 2.95. The Morgan fingerprint density at radius 3 is 2.28 bits per heavy atom. The fourth-order valence-electron chi connectivity index (χ4n) is 1.98. The molecule has 0 aliphatic carbocycles. The molecule has 0 saturated carbocycles. The maximum absolute atomic E-state index is 10.1. The molecule has 0 aliphatic heterocycles. The molecule has 0 aliphatic rings. The molecule has 0 saturated heterocycles. The van der Waals surface area contributed by atoms with Crippen LogP contribution in [0.25, 0.3) is 0 Å². The summed E-state index contributed by atoms with van der Waals surface area (Å²) in [7, 11) is 0. The maximum atomic E-state index is 10.1. The van der Waals surface area contributed by atoms with Gasteiger partial charge in [0.1, 0.15) is 0 Å². The Morgan fingerprint density at radius 1 is 0.944 bits per heavy atom. The molecule has 3 heteroatoms. The van der Waals surface area contributed by atoms with Gasteiger partial charge in [-0.3, -0.25) is 0 Å². The number of aliphatic hydroxyl groups is 1. The average molecular weight is 242 g/mol. The van der Waals surface area contributed by atoms with E-state index in [-0.39, 0.29) is 0 Å². The third kappa shape index (κ3) is 3.25. The zero-order valence-corrected chi connectivity index (χ0v) is 10.2. The first-order chi connectivity index (χ1) is 8.65. The number of benzene rings is 2. The van der Waals surface area contributed by atoms with Crippen molar-refractivity contribution in [2.24, 2.45) is 0 Å². The van der Waals surface area contributed by atoms with Crippen LogP contribution in [-0.2, 0) is 6.42 Å². The molecule has 0 spiro atoms. The van der Waals surface area contributed by atoms with Gasteiger partial charge >= 0.3 is 0 Å². The van der Waals surface area contributed by atoms with Crippen LogP contribution >= 0.6 is 0 Å². The molecule has 5 N–H and O–H groups in total. The van der Waals surface area contributed by atoms with Crippen molar-refractivity contribution in [2.45, 2.75) is 18.9 Å². The van der Waals surface area contributed by atoms with Gasteiger partial charge in [-0.15, -0.1) is 0 Å². The lowest BCUT2D eigenvalue weighted by Crippen LogP contribution is -2.01. The summed E-state index contributed by atoms with van der Waals surface area (Å²) >= 11 is 0. The minimum absolute atomic E-state index is 0.491. The number of hydrogen-bond donors (Lipinski definition) is 3. The van der Waals surface area contributed by atoms with Crippen LogP contribution in [0.3, 0.4) is 0 Å². The Morgan fingerprint density at radius 2 is 1.61 bits per heavy atom. The molecule has 2 rings (SSSR count). The highest BCUT2D eigenvalue weighted by atomic mass is 16.3. The first-order valence-corrected chi connectivity index (χ1v) is 6.03. The van der Waals surface area contributed by atoms with Crippen LogP contribution in [-0.4, -0.2) is 5.11 Å². The lowest BCUT2D eigenvalue weighted by Gasteiger charge is -2.11. The van der Waals surface area contributed by atoms with Crippen LogP contribution in [0.4, 0.5) is 11.4 Å². The van der Waals surface area contributed by atoms with E-state index in [1.54, 1.807) is 0 Å². The summed E-state index contributed by atoms with van der Waals surface area (Å²) in [6.07, 6.45) is 0.961. The third-order valence-corrected chi connectivity index (χ3v) is 2.95. The molecule has 0 bridgehead atoms. The van der Waals surface area contributed by atoms with Crippen molar-refractivity contribution in [1.82, 2.24) is 0 Å². The van der Waals surface area contributed by atoms with Crippen LogP contribution in [0.2, 0.25) is 0 Å². The minimum atomic E-state index is -0.491.